The van der Waals surface area contributed by atoms with Crippen LogP contribution in [-0.2, 0) is 9.53 Å². The first-order valence-electron chi connectivity index (χ1n) is 6.55. The third kappa shape index (κ3) is 2.99. The van der Waals surface area contributed by atoms with Crippen LogP contribution in [-0.4, -0.2) is 11.9 Å². The normalized spacial score (nSPS) is 15.3. The lowest BCUT2D eigenvalue weighted by molar-refractivity contribution is -0.129. The first-order valence-corrected chi connectivity index (χ1v) is 6.55. The van der Waals surface area contributed by atoms with Crippen molar-refractivity contribution in [3.63, 3.8) is 0 Å². The summed E-state index contributed by atoms with van der Waals surface area (Å²) in [5.41, 5.74) is 0.882. The van der Waals surface area contributed by atoms with Crippen LogP contribution in [0, 0.1) is 23.0 Å². The number of hydrogen-bond donors (Lipinski definition) is 0. The molecule has 0 radical (unpaired) electrons. The molecule has 0 amide bonds. The molecule has 0 aliphatic carbocycles. The average Bonchev–Trinajstić information content (AvgIpc) is 2.88. The molecule has 0 unspecified atom stereocenters. The van der Waals surface area contributed by atoms with E-state index in [4.69, 9.17) is 10.00 Å². The molecule has 0 saturated heterocycles. The predicted molar refractivity (Wildman–Crippen MR) is 78.1 cm³/mol. The molecule has 0 atom stereocenters. The number of carbonyl (C=O) groups excluding carboxylic acids is 1. The van der Waals surface area contributed by atoms with Crippen LogP contribution in [0.15, 0.2) is 53.2 Å². The Bertz CT molecular complexity index is 911. The van der Waals surface area contributed by atoms with Crippen molar-refractivity contribution in [2.75, 3.05) is 0 Å². The van der Waals surface area contributed by atoms with Crippen LogP contribution in [0.2, 0.25) is 0 Å². The molecule has 0 fully saturated rings. The van der Waals surface area contributed by atoms with Crippen molar-refractivity contribution in [3.05, 3.63) is 76.5 Å². The number of esters is 1. The molecule has 0 bridgehead atoms. The highest BCUT2D eigenvalue weighted by Crippen LogP contribution is 2.21. The molecule has 0 N–H and O–H groups in total. The quantitative estimate of drug-likeness (QED) is 0.632. The van der Waals surface area contributed by atoms with Crippen LogP contribution in [0.1, 0.15) is 16.7 Å². The van der Waals surface area contributed by atoms with Crippen LogP contribution in [0.5, 0.6) is 0 Å². The van der Waals surface area contributed by atoms with Gasteiger partial charge >= 0.3 is 5.97 Å². The molecule has 23 heavy (non-hydrogen) atoms. The largest absolute Gasteiger partial charge is 0.402 e. The molecule has 0 spiro atoms. The summed E-state index contributed by atoms with van der Waals surface area (Å²) in [7, 11) is 0. The van der Waals surface area contributed by atoms with Gasteiger partial charge < -0.3 is 4.74 Å². The number of halogens is 2. The van der Waals surface area contributed by atoms with Gasteiger partial charge in [0.25, 0.3) is 0 Å². The van der Waals surface area contributed by atoms with Gasteiger partial charge in [-0.15, -0.1) is 0 Å². The smallest absolute Gasteiger partial charge is 0.363 e. The van der Waals surface area contributed by atoms with E-state index >= 15 is 0 Å². The van der Waals surface area contributed by atoms with E-state index in [1.54, 1.807) is 24.3 Å². The number of ether oxygens (including phenoxy) is 1. The Labute approximate surface area is 130 Å². The summed E-state index contributed by atoms with van der Waals surface area (Å²) in [5.74, 6) is -2.58. The zero-order valence-electron chi connectivity index (χ0n) is 11.6. The van der Waals surface area contributed by atoms with Crippen molar-refractivity contribution in [3.8, 4) is 6.07 Å². The number of hydrogen-bond acceptors (Lipinski definition) is 4. The Hall–Kier alpha value is -3.33. The van der Waals surface area contributed by atoms with Gasteiger partial charge in [-0.2, -0.15) is 5.26 Å². The highest BCUT2D eigenvalue weighted by atomic mass is 19.1. The van der Waals surface area contributed by atoms with E-state index in [0.29, 0.717) is 17.2 Å². The lowest BCUT2D eigenvalue weighted by atomic mass is 10.1. The van der Waals surface area contributed by atoms with Crippen LogP contribution < -0.4 is 0 Å². The molecule has 6 heteroatoms. The monoisotopic (exact) mass is 310 g/mol. The van der Waals surface area contributed by atoms with Gasteiger partial charge in [-0.1, -0.05) is 12.1 Å². The van der Waals surface area contributed by atoms with Gasteiger partial charge in [0.1, 0.15) is 11.6 Å². The summed E-state index contributed by atoms with van der Waals surface area (Å²) in [4.78, 5) is 15.8. The lowest BCUT2D eigenvalue weighted by Crippen LogP contribution is -2.07. The molecule has 112 valence electrons. The van der Waals surface area contributed by atoms with Gasteiger partial charge in [0.2, 0.25) is 5.90 Å². The number of nitrogens with zero attached hydrogens (tertiary/aromatic N) is 2. The number of cyclic esters (lactones) is 1. The highest BCUT2D eigenvalue weighted by Gasteiger charge is 2.26. The Kier molecular flexibility index (Phi) is 3.69. The minimum atomic E-state index is -0.871. The van der Waals surface area contributed by atoms with Gasteiger partial charge in [-0.05, 0) is 35.9 Å². The molecule has 1 aliphatic rings. The van der Waals surface area contributed by atoms with E-state index in [0.717, 1.165) is 12.1 Å². The van der Waals surface area contributed by atoms with Crippen LogP contribution >= 0.6 is 0 Å². The van der Waals surface area contributed by atoms with Crippen molar-refractivity contribution in [1.82, 2.24) is 0 Å². The summed E-state index contributed by atoms with van der Waals surface area (Å²) in [6.07, 6.45) is 1.43. The molecular weight excluding hydrogens is 302 g/mol. The number of nitriles is 1. The summed E-state index contributed by atoms with van der Waals surface area (Å²) in [6.45, 7) is 0. The summed E-state index contributed by atoms with van der Waals surface area (Å²) in [5, 5.41) is 8.86. The molecule has 2 aromatic carbocycles. The van der Waals surface area contributed by atoms with E-state index < -0.39 is 17.6 Å². The average molecular weight is 310 g/mol. The molecular formula is C17H8F2N2O2. The summed E-state index contributed by atoms with van der Waals surface area (Å²) < 4.78 is 31.6. The van der Waals surface area contributed by atoms with E-state index in [1.807, 2.05) is 6.07 Å². The SMILES string of the molecule is N#Cc1cccc(/C=C2\N=C(c3ccc(F)cc3F)OC2=O)c1. The van der Waals surface area contributed by atoms with E-state index in [2.05, 4.69) is 4.99 Å². The van der Waals surface area contributed by atoms with E-state index in [-0.39, 0.29) is 17.2 Å². The van der Waals surface area contributed by atoms with E-state index in [1.165, 1.54) is 6.08 Å². The first kappa shape index (κ1) is 14.6. The van der Waals surface area contributed by atoms with Crippen molar-refractivity contribution >= 4 is 17.9 Å². The van der Waals surface area contributed by atoms with Crippen LogP contribution in [0.4, 0.5) is 8.78 Å². The maximum atomic E-state index is 13.7. The van der Waals surface area contributed by atoms with Crippen LogP contribution in [0.3, 0.4) is 0 Å². The van der Waals surface area contributed by atoms with Gasteiger partial charge in [0.15, 0.2) is 5.70 Å². The van der Waals surface area contributed by atoms with Crippen molar-refractivity contribution < 1.29 is 18.3 Å². The minimum Gasteiger partial charge on any atom is -0.402 e. The fraction of sp³-hybridized carbons (Fsp3) is 0. The molecule has 0 aromatic heterocycles. The van der Waals surface area contributed by atoms with Crippen molar-refractivity contribution in [2.24, 2.45) is 4.99 Å². The van der Waals surface area contributed by atoms with Crippen molar-refractivity contribution in [1.29, 1.82) is 5.26 Å². The molecule has 4 nitrogen and oxygen atoms in total. The fourth-order valence-corrected chi connectivity index (χ4v) is 2.04. The maximum Gasteiger partial charge on any atom is 0.363 e. The topological polar surface area (TPSA) is 62.4 Å². The van der Waals surface area contributed by atoms with E-state index in [9.17, 15) is 13.6 Å². The zero-order chi connectivity index (χ0) is 16.4. The van der Waals surface area contributed by atoms with Gasteiger partial charge in [-0.25, -0.2) is 18.6 Å². The predicted octanol–water partition coefficient (Wildman–Crippen LogP) is 3.18. The van der Waals surface area contributed by atoms with Gasteiger partial charge in [0, 0.05) is 6.07 Å². The fourth-order valence-electron chi connectivity index (χ4n) is 2.04. The molecule has 1 heterocycles. The third-order valence-corrected chi connectivity index (χ3v) is 3.10. The second-order valence-corrected chi connectivity index (χ2v) is 4.70. The Morgan fingerprint density at radius 1 is 1.17 bits per heavy atom. The van der Waals surface area contributed by atoms with Crippen LogP contribution in [0.25, 0.3) is 6.08 Å². The second kappa shape index (κ2) is 5.81. The number of carbonyl (C=O) groups is 1. The molecule has 1 aliphatic heterocycles. The number of benzene rings is 2. The standard InChI is InChI=1S/C17H8F2N2O2/c18-12-4-5-13(14(19)8-12)16-21-15(17(22)23-16)7-10-2-1-3-11(6-10)9-20/h1-8H/b15-7-. The zero-order valence-corrected chi connectivity index (χ0v) is 11.6. The Morgan fingerprint density at radius 2 is 2.00 bits per heavy atom. The first-order chi connectivity index (χ1) is 11.1. The molecule has 3 rings (SSSR count). The number of rotatable bonds is 2. The third-order valence-electron chi connectivity index (χ3n) is 3.10. The number of aliphatic imine (C=N–C) groups is 1. The molecule has 0 saturated carbocycles. The molecule has 2 aromatic rings. The maximum absolute atomic E-state index is 13.7. The lowest BCUT2D eigenvalue weighted by Gasteiger charge is -2.00. The Morgan fingerprint density at radius 3 is 2.74 bits per heavy atom. The van der Waals surface area contributed by atoms with Crippen molar-refractivity contribution in [2.45, 2.75) is 0 Å². The minimum absolute atomic E-state index is 0.0289. The Balaban J connectivity index is 1.98. The van der Waals surface area contributed by atoms with Gasteiger partial charge in [-0.3, -0.25) is 0 Å². The second-order valence-electron chi connectivity index (χ2n) is 4.70. The summed E-state index contributed by atoms with van der Waals surface area (Å²) in [6, 6.07) is 11.4. The van der Waals surface area contributed by atoms with Gasteiger partial charge in [0.05, 0.1) is 17.2 Å². The highest BCUT2D eigenvalue weighted by molar-refractivity contribution is 6.12. The summed E-state index contributed by atoms with van der Waals surface area (Å²) >= 11 is 0.